The van der Waals surface area contributed by atoms with Gasteiger partial charge in [-0.05, 0) is 18.4 Å². The van der Waals surface area contributed by atoms with Crippen molar-refractivity contribution in [2.75, 3.05) is 19.0 Å². The van der Waals surface area contributed by atoms with Crippen LogP contribution in [-0.4, -0.2) is 30.5 Å². The average molecular weight is 344 g/mol. The highest BCUT2D eigenvalue weighted by molar-refractivity contribution is 6.06. The molecule has 0 radical (unpaired) electrons. The molecule has 0 bridgehead atoms. The normalized spacial score (nSPS) is 15.7. The average Bonchev–Trinajstić information content (AvgIpc) is 2.65. The first-order valence-corrected chi connectivity index (χ1v) is 8.59. The van der Waals surface area contributed by atoms with Gasteiger partial charge in [0, 0.05) is 6.07 Å². The number of ether oxygens (including phenoxy) is 1. The highest BCUT2D eigenvalue weighted by Crippen LogP contribution is 2.29. The first-order chi connectivity index (χ1) is 12.1. The fourth-order valence-corrected chi connectivity index (χ4v) is 3.14. The third-order valence-electron chi connectivity index (χ3n) is 4.48. The van der Waals surface area contributed by atoms with E-state index in [-0.39, 0.29) is 12.5 Å². The maximum atomic E-state index is 12.6. The molecule has 1 aliphatic carbocycles. The van der Waals surface area contributed by atoms with Crippen LogP contribution in [0.25, 0.3) is 0 Å². The summed E-state index contributed by atoms with van der Waals surface area (Å²) < 4.78 is 4.99. The van der Waals surface area contributed by atoms with Gasteiger partial charge in [0.05, 0.1) is 25.1 Å². The minimum Gasteiger partial charge on any atom is -0.481 e. The van der Waals surface area contributed by atoms with E-state index in [2.05, 4.69) is 15.6 Å². The number of nitriles is 1. The number of hydrogen-bond donors (Lipinski definition) is 2. The number of methoxy groups -OCH3 is 1. The number of hydrogen-bond acceptors (Lipinski definition) is 5. The van der Waals surface area contributed by atoms with Crippen LogP contribution in [-0.2, 0) is 9.59 Å². The third kappa shape index (κ3) is 5.75. The van der Waals surface area contributed by atoms with Gasteiger partial charge in [-0.15, -0.1) is 0 Å². The second-order valence-electron chi connectivity index (χ2n) is 6.25. The molecule has 0 aromatic carbocycles. The Morgan fingerprint density at radius 2 is 2.08 bits per heavy atom. The number of aromatic nitrogens is 1. The number of nitrogens with one attached hydrogen (secondary N) is 2. The molecule has 1 aromatic heterocycles. The van der Waals surface area contributed by atoms with E-state index in [1.807, 2.05) is 6.07 Å². The Balaban J connectivity index is 2.04. The zero-order chi connectivity index (χ0) is 18.1. The molecule has 1 fully saturated rings. The molecule has 1 saturated carbocycles. The third-order valence-corrected chi connectivity index (χ3v) is 4.48. The fraction of sp³-hybridized carbons (Fsp3) is 0.556. The summed E-state index contributed by atoms with van der Waals surface area (Å²) in [5, 5.41) is 13.9. The molecule has 7 heteroatoms. The summed E-state index contributed by atoms with van der Waals surface area (Å²) in [5.74, 6) is -0.757. The van der Waals surface area contributed by atoms with E-state index in [9.17, 15) is 9.59 Å². The Bertz CT molecular complexity index is 618. The van der Waals surface area contributed by atoms with E-state index in [1.165, 1.54) is 19.7 Å². The molecule has 25 heavy (non-hydrogen) atoms. The van der Waals surface area contributed by atoms with E-state index in [1.54, 1.807) is 12.1 Å². The topological polar surface area (TPSA) is 104 Å². The largest absolute Gasteiger partial charge is 0.481 e. The van der Waals surface area contributed by atoms with Gasteiger partial charge in [-0.25, -0.2) is 4.98 Å². The van der Waals surface area contributed by atoms with Crippen LogP contribution in [0.1, 0.15) is 38.5 Å². The maximum absolute atomic E-state index is 12.6. The van der Waals surface area contributed by atoms with Gasteiger partial charge in [-0.1, -0.05) is 32.1 Å². The van der Waals surface area contributed by atoms with Crippen LogP contribution in [0.2, 0.25) is 0 Å². The summed E-state index contributed by atoms with van der Waals surface area (Å²) >= 11 is 0. The molecule has 0 saturated heterocycles. The number of rotatable bonds is 7. The highest BCUT2D eigenvalue weighted by atomic mass is 16.5. The minimum absolute atomic E-state index is 0.0998. The summed E-state index contributed by atoms with van der Waals surface area (Å²) in [6.07, 6.45) is 7.57. The van der Waals surface area contributed by atoms with Crippen LogP contribution in [0, 0.1) is 23.2 Å². The Morgan fingerprint density at radius 3 is 2.68 bits per heavy atom. The fourth-order valence-electron chi connectivity index (χ4n) is 3.14. The van der Waals surface area contributed by atoms with Crippen LogP contribution >= 0.6 is 0 Å². The molecular weight excluding hydrogens is 320 g/mol. The van der Waals surface area contributed by atoms with Crippen molar-refractivity contribution in [3.8, 4) is 11.9 Å². The standard InChI is InChI=1S/C18H24N4O3/c1-25-16-8-7-14(12-21-16)22-18(24)15(17(23)20-10-9-19)11-13-5-3-2-4-6-13/h7-8,12-13,15H,2-6,10-11H2,1H3,(H,20,23)(H,22,24). The van der Waals surface area contributed by atoms with Gasteiger partial charge in [0.15, 0.2) is 0 Å². The van der Waals surface area contributed by atoms with Crippen molar-refractivity contribution in [3.05, 3.63) is 18.3 Å². The van der Waals surface area contributed by atoms with Crippen molar-refractivity contribution in [1.29, 1.82) is 5.26 Å². The Morgan fingerprint density at radius 1 is 1.32 bits per heavy atom. The summed E-state index contributed by atoms with van der Waals surface area (Å²) in [6.45, 7) is -0.0998. The molecule has 134 valence electrons. The number of nitrogens with zero attached hydrogens (tertiary/aromatic N) is 2. The Hall–Kier alpha value is -2.62. The number of anilines is 1. The van der Waals surface area contributed by atoms with Gasteiger partial charge in [0.1, 0.15) is 12.5 Å². The molecular formula is C18H24N4O3. The van der Waals surface area contributed by atoms with Gasteiger partial charge in [-0.2, -0.15) is 5.26 Å². The van der Waals surface area contributed by atoms with Crippen LogP contribution in [0.15, 0.2) is 18.3 Å². The molecule has 2 amide bonds. The highest BCUT2D eigenvalue weighted by Gasteiger charge is 2.30. The molecule has 2 N–H and O–H groups in total. The van der Waals surface area contributed by atoms with E-state index < -0.39 is 11.8 Å². The van der Waals surface area contributed by atoms with Gasteiger partial charge in [0.25, 0.3) is 0 Å². The molecule has 0 aliphatic heterocycles. The lowest BCUT2D eigenvalue weighted by Gasteiger charge is -2.25. The summed E-state index contributed by atoms with van der Waals surface area (Å²) in [4.78, 5) is 29.0. The van der Waals surface area contributed by atoms with E-state index >= 15 is 0 Å². The van der Waals surface area contributed by atoms with Crippen molar-refractivity contribution in [2.45, 2.75) is 38.5 Å². The minimum atomic E-state index is -0.807. The predicted molar refractivity (Wildman–Crippen MR) is 92.7 cm³/mol. The van der Waals surface area contributed by atoms with Gasteiger partial charge >= 0.3 is 0 Å². The summed E-state index contributed by atoms with van der Waals surface area (Å²) in [6, 6.07) is 5.19. The zero-order valence-electron chi connectivity index (χ0n) is 14.5. The van der Waals surface area contributed by atoms with Crippen LogP contribution in [0.4, 0.5) is 5.69 Å². The van der Waals surface area contributed by atoms with E-state index in [4.69, 9.17) is 10.00 Å². The second kappa shape index (κ2) is 9.62. The quantitative estimate of drug-likeness (QED) is 0.583. The first kappa shape index (κ1) is 18.7. The smallest absolute Gasteiger partial charge is 0.236 e. The van der Waals surface area contributed by atoms with Gasteiger partial charge in [-0.3, -0.25) is 9.59 Å². The van der Waals surface area contributed by atoms with Crippen LogP contribution in [0.5, 0.6) is 5.88 Å². The van der Waals surface area contributed by atoms with E-state index in [0.717, 1.165) is 25.7 Å². The number of carbonyl (C=O) groups is 2. The molecule has 1 unspecified atom stereocenters. The van der Waals surface area contributed by atoms with Crippen LogP contribution in [0.3, 0.4) is 0 Å². The zero-order valence-corrected chi connectivity index (χ0v) is 14.5. The number of carbonyl (C=O) groups excluding carboxylic acids is 2. The SMILES string of the molecule is COc1ccc(NC(=O)C(CC2CCCCC2)C(=O)NCC#N)cn1. The molecule has 0 spiro atoms. The monoisotopic (exact) mass is 344 g/mol. The summed E-state index contributed by atoms with van der Waals surface area (Å²) in [5.41, 5.74) is 0.507. The molecule has 7 nitrogen and oxygen atoms in total. The number of pyridine rings is 1. The van der Waals surface area contributed by atoms with Crippen molar-refractivity contribution >= 4 is 17.5 Å². The van der Waals surface area contributed by atoms with Gasteiger partial charge in [0.2, 0.25) is 17.7 Å². The van der Waals surface area contributed by atoms with Crippen molar-refractivity contribution < 1.29 is 14.3 Å². The van der Waals surface area contributed by atoms with Crippen molar-refractivity contribution in [1.82, 2.24) is 10.3 Å². The summed E-state index contributed by atoms with van der Waals surface area (Å²) in [7, 11) is 1.51. The van der Waals surface area contributed by atoms with Gasteiger partial charge < -0.3 is 15.4 Å². The Labute approximate surface area is 147 Å². The number of amides is 2. The Kier molecular flexibility index (Phi) is 7.20. The lowest BCUT2D eigenvalue weighted by Crippen LogP contribution is -2.39. The predicted octanol–water partition coefficient (Wildman–Crippen LogP) is 2.26. The van der Waals surface area contributed by atoms with Crippen LogP contribution < -0.4 is 15.4 Å². The van der Waals surface area contributed by atoms with E-state index in [0.29, 0.717) is 23.9 Å². The molecule has 1 aromatic rings. The maximum Gasteiger partial charge on any atom is 0.236 e. The lowest BCUT2D eigenvalue weighted by molar-refractivity contribution is -0.133. The molecule has 2 rings (SSSR count). The second-order valence-corrected chi connectivity index (χ2v) is 6.25. The van der Waals surface area contributed by atoms with Crippen molar-refractivity contribution in [3.63, 3.8) is 0 Å². The molecule has 1 aliphatic rings. The van der Waals surface area contributed by atoms with Crippen molar-refractivity contribution in [2.24, 2.45) is 11.8 Å². The molecule has 1 atom stereocenters. The first-order valence-electron chi connectivity index (χ1n) is 8.59. The lowest BCUT2D eigenvalue weighted by atomic mass is 9.82. The molecule has 1 heterocycles.